The second kappa shape index (κ2) is 7.16. The Morgan fingerprint density at radius 3 is 2.71 bits per heavy atom. The van der Waals surface area contributed by atoms with E-state index in [9.17, 15) is 9.50 Å². The minimum Gasteiger partial charge on any atom is -0.508 e. The highest BCUT2D eigenvalue weighted by molar-refractivity contribution is 5.48. The molecule has 0 spiro atoms. The molecule has 2 aromatic carbocycles. The Morgan fingerprint density at radius 2 is 1.93 bits per heavy atom. The van der Waals surface area contributed by atoms with Crippen molar-refractivity contribution in [3.05, 3.63) is 65.0 Å². The van der Waals surface area contributed by atoms with Crippen molar-refractivity contribution in [3.8, 4) is 5.75 Å². The first kappa shape index (κ1) is 19.4. The summed E-state index contributed by atoms with van der Waals surface area (Å²) in [6.45, 7) is 9.78. The highest BCUT2D eigenvalue weighted by Crippen LogP contribution is 2.57. The van der Waals surface area contributed by atoms with Gasteiger partial charge in [-0.15, -0.1) is 0 Å². The molecule has 4 heteroatoms. The molecule has 2 atom stereocenters. The van der Waals surface area contributed by atoms with E-state index in [2.05, 4.69) is 31.7 Å². The minimum atomic E-state index is -0.211. The number of nitrogens with zero attached hydrogens (tertiary/aromatic N) is 1. The van der Waals surface area contributed by atoms with Crippen molar-refractivity contribution < 1.29 is 14.2 Å². The standard InChI is InChI=1S/C24H30FNO2/c1-23(2)22-15-18-19(8-6-10-21(18)27)24(23,3)11-12-26(22)13-14-28-16-17-7-4-5-9-20(17)25/h4-10,22,27H,11-16H2,1-3H3/t22-,24+/m1/s1. The lowest BCUT2D eigenvalue weighted by molar-refractivity contribution is -0.0497. The molecule has 2 aromatic rings. The van der Waals surface area contributed by atoms with Crippen LogP contribution in [0.4, 0.5) is 4.39 Å². The summed E-state index contributed by atoms with van der Waals surface area (Å²) in [4.78, 5) is 2.50. The van der Waals surface area contributed by atoms with Crippen LogP contribution in [-0.2, 0) is 23.2 Å². The van der Waals surface area contributed by atoms with Crippen molar-refractivity contribution in [2.24, 2.45) is 5.41 Å². The fourth-order valence-corrected chi connectivity index (χ4v) is 5.28. The maximum Gasteiger partial charge on any atom is 0.128 e. The van der Waals surface area contributed by atoms with Gasteiger partial charge in [0.25, 0.3) is 0 Å². The topological polar surface area (TPSA) is 32.7 Å². The molecule has 0 amide bonds. The Bertz CT molecular complexity index is 865. The van der Waals surface area contributed by atoms with Crippen LogP contribution < -0.4 is 0 Å². The number of hydrogen-bond acceptors (Lipinski definition) is 3. The number of aromatic hydroxyl groups is 1. The Balaban J connectivity index is 1.47. The van der Waals surface area contributed by atoms with Crippen LogP contribution in [0.1, 0.15) is 43.9 Å². The van der Waals surface area contributed by atoms with Gasteiger partial charge in [0.1, 0.15) is 11.6 Å². The molecule has 150 valence electrons. The van der Waals surface area contributed by atoms with Crippen molar-refractivity contribution >= 4 is 0 Å². The average molecular weight is 384 g/mol. The van der Waals surface area contributed by atoms with Crippen molar-refractivity contribution in [1.82, 2.24) is 4.90 Å². The number of fused-ring (bicyclic) bond motifs is 4. The van der Waals surface area contributed by atoms with Gasteiger partial charge in [-0.3, -0.25) is 4.90 Å². The molecule has 0 radical (unpaired) electrons. The minimum absolute atomic E-state index is 0.0501. The number of rotatable bonds is 5. The van der Waals surface area contributed by atoms with Gasteiger partial charge in [0.2, 0.25) is 0 Å². The predicted molar refractivity (Wildman–Crippen MR) is 109 cm³/mol. The molecule has 1 fully saturated rings. The van der Waals surface area contributed by atoms with Gasteiger partial charge in [0, 0.05) is 23.6 Å². The predicted octanol–water partition coefficient (Wildman–Crippen LogP) is 4.66. The Morgan fingerprint density at radius 1 is 1.14 bits per heavy atom. The molecule has 1 N–H and O–H groups in total. The van der Waals surface area contributed by atoms with Gasteiger partial charge in [0.05, 0.1) is 13.2 Å². The lowest BCUT2D eigenvalue weighted by Crippen LogP contribution is -2.64. The van der Waals surface area contributed by atoms with Gasteiger partial charge < -0.3 is 9.84 Å². The van der Waals surface area contributed by atoms with E-state index < -0.39 is 0 Å². The van der Waals surface area contributed by atoms with E-state index in [1.165, 1.54) is 11.6 Å². The van der Waals surface area contributed by atoms with E-state index in [4.69, 9.17) is 4.74 Å². The van der Waals surface area contributed by atoms with Gasteiger partial charge in [-0.25, -0.2) is 4.39 Å². The Kier molecular flexibility index (Phi) is 4.96. The highest BCUT2D eigenvalue weighted by Gasteiger charge is 2.56. The summed E-state index contributed by atoms with van der Waals surface area (Å²) >= 11 is 0. The number of piperidine rings is 1. The summed E-state index contributed by atoms with van der Waals surface area (Å²) in [6, 6.07) is 13.1. The SMILES string of the molecule is CC1(C)[C@H]2Cc3c(O)cccc3[C@]1(C)CCN2CCOCc1ccccc1F. The molecular formula is C24H30FNO2. The normalized spacial score (nSPS) is 26.1. The molecule has 1 aliphatic heterocycles. The first-order valence-electron chi connectivity index (χ1n) is 10.2. The van der Waals surface area contributed by atoms with E-state index in [1.54, 1.807) is 18.2 Å². The van der Waals surface area contributed by atoms with Crippen LogP contribution in [0.2, 0.25) is 0 Å². The first-order chi connectivity index (χ1) is 13.3. The monoisotopic (exact) mass is 383 g/mol. The highest BCUT2D eigenvalue weighted by atomic mass is 19.1. The molecular weight excluding hydrogens is 353 g/mol. The average Bonchev–Trinajstić information content (AvgIpc) is 2.65. The molecule has 0 saturated carbocycles. The third kappa shape index (κ3) is 3.03. The molecule has 0 aromatic heterocycles. The molecule has 4 rings (SSSR count). The van der Waals surface area contributed by atoms with Crippen LogP contribution in [-0.4, -0.2) is 35.7 Å². The summed E-state index contributed by atoms with van der Waals surface area (Å²) in [5.74, 6) is 0.207. The number of ether oxygens (including phenoxy) is 1. The molecule has 0 unspecified atom stereocenters. The zero-order valence-electron chi connectivity index (χ0n) is 17.0. The first-order valence-corrected chi connectivity index (χ1v) is 10.2. The van der Waals surface area contributed by atoms with E-state index in [-0.39, 0.29) is 16.6 Å². The summed E-state index contributed by atoms with van der Waals surface area (Å²) in [7, 11) is 0. The Labute approximate surface area is 167 Å². The zero-order valence-corrected chi connectivity index (χ0v) is 17.0. The largest absolute Gasteiger partial charge is 0.508 e. The fraction of sp³-hybridized carbons (Fsp3) is 0.500. The molecule has 3 nitrogen and oxygen atoms in total. The van der Waals surface area contributed by atoms with Crippen LogP contribution in [0.25, 0.3) is 0 Å². The molecule has 1 saturated heterocycles. The van der Waals surface area contributed by atoms with Crippen molar-refractivity contribution in [2.75, 3.05) is 19.7 Å². The van der Waals surface area contributed by atoms with Crippen molar-refractivity contribution in [1.29, 1.82) is 0 Å². The smallest absolute Gasteiger partial charge is 0.128 e. The third-order valence-electron chi connectivity index (χ3n) is 7.48. The van der Waals surface area contributed by atoms with E-state index in [0.717, 1.165) is 31.5 Å². The molecule has 1 aliphatic carbocycles. The van der Waals surface area contributed by atoms with Gasteiger partial charge in [-0.05, 0) is 48.1 Å². The number of phenols is 1. The van der Waals surface area contributed by atoms with Crippen LogP contribution in [0, 0.1) is 11.2 Å². The number of phenolic OH excluding ortho intramolecular Hbond substituents is 1. The van der Waals surface area contributed by atoms with E-state index in [0.29, 0.717) is 30.6 Å². The summed E-state index contributed by atoms with van der Waals surface area (Å²) in [5, 5.41) is 10.5. The number of likely N-dealkylation sites (tertiary alicyclic amines) is 1. The van der Waals surface area contributed by atoms with Gasteiger partial charge >= 0.3 is 0 Å². The van der Waals surface area contributed by atoms with E-state index in [1.807, 2.05) is 12.1 Å². The summed E-state index contributed by atoms with van der Waals surface area (Å²) in [6.07, 6.45) is 1.91. The van der Waals surface area contributed by atoms with E-state index >= 15 is 0 Å². The third-order valence-corrected chi connectivity index (χ3v) is 7.48. The maximum atomic E-state index is 13.7. The molecule has 2 bridgehead atoms. The Hall–Kier alpha value is -1.91. The lowest BCUT2D eigenvalue weighted by Gasteiger charge is -2.61. The number of hydrogen-bond donors (Lipinski definition) is 1. The quantitative estimate of drug-likeness (QED) is 0.762. The fourth-order valence-electron chi connectivity index (χ4n) is 5.28. The summed E-state index contributed by atoms with van der Waals surface area (Å²) < 4.78 is 19.5. The second-order valence-electron chi connectivity index (χ2n) is 9.01. The number of benzene rings is 2. The summed E-state index contributed by atoms with van der Waals surface area (Å²) in [5.41, 5.74) is 3.16. The van der Waals surface area contributed by atoms with Crippen LogP contribution >= 0.6 is 0 Å². The van der Waals surface area contributed by atoms with Gasteiger partial charge in [0.15, 0.2) is 0 Å². The maximum absolute atomic E-state index is 13.7. The van der Waals surface area contributed by atoms with Crippen LogP contribution in [0.5, 0.6) is 5.75 Å². The molecule has 1 heterocycles. The van der Waals surface area contributed by atoms with Gasteiger partial charge in [-0.2, -0.15) is 0 Å². The molecule has 28 heavy (non-hydrogen) atoms. The van der Waals surface area contributed by atoms with Crippen molar-refractivity contribution in [2.45, 2.75) is 51.7 Å². The zero-order chi connectivity index (χ0) is 19.9. The second-order valence-corrected chi connectivity index (χ2v) is 9.01. The molecule has 2 aliphatic rings. The number of halogens is 1. The van der Waals surface area contributed by atoms with Gasteiger partial charge in [-0.1, -0.05) is 51.1 Å². The van der Waals surface area contributed by atoms with Crippen LogP contribution in [0.3, 0.4) is 0 Å². The van der Waals surface area contributed by atoms with Crippen molar-refractivity contribution in [3.63, 3.8) is 0 Å². The lowest BCUT2D eigenvalue weighted by atomic mass is 9.51. The van der Waals surface area contributed by atoms with Crippen LogP contribution in [0.15, 0.2) is 42.5 Å².